The average molecular weight is 289 g/mol. The van der Waals surface area contributed by atoms with Gasteiger partial charge in [0.2, 0.25) is 18.2 Å². The first kappa shape index (κ1) is 17.9. The first-order valence-corrected chi connectivity index (χ1v) is 6.54. The number of likely N-dealkylation sites (N-methyl/N-ethyl adjacent to an activating group) is 1. The van der Waals surface area contributed by atoms with Crippen molar-refractivity contribution in [2.24, 2.45) is 11.7 Å². The summed E-state index contributed by atoms with van der Waals surface area (Å²) in [7, 11) is 1.43. The van der Waals surface area contributed by atoms with E-state index in [-0.39, 0.29) is 23.6 Å². The van der Waals surface area contributed by atoms with Crippen molar-refractivity contribution in [1.82, 2.24) is 10.2 Å². The number of hydrogen-bond donors (Lipinski definition) is 3. The molecule has 0 rings (SSSR count). The summed E-state index contributed by atoms with van der Waals surface area (Å²) in [6, 6.07) is -0.967. The minimum absolute atomic E-state index is 0.0473. The number of nitrogens with zero attached hydrogens (tertiary/aromatic N) is 1. The van der Waals surface area contributed by atoms with Gasteiger partial charge in [-0.1, -0.05) is 20.8 Å². The van der Waals surface area contributed by atoms with Gasteiger partial charge < -0.3 is 11.1 Å². The summed E-state index contributed by atoms with van der Waals surface area (Å²) in [6.07, 6.45) is 0.482. The van der Waals surface area contributed by atoms with Crippen molar-refractivity contribution in [1.29, 1.82) is 0 Å². The van der Waals surface area contributed by atoms with Crippen molar-refractivity contribution in [3.05, 3.63) is 0 Å². The summed E-state index contributed by atoms with van der Waals surface area (Å²) >= 11 is 4.39. The van der Waals surface area contributed by atoms with E-state index in [1.807, 2.05) is 20.8 Å². The number of amides is 3. The third-order valence-electron chi connectivity index (χ3n) is 3.20. The topological polar surface area (TPSA) is 92.5 Å². The molecule has 19 heavy (non-hydrogen) atoms. The summed E-state index contributed by atoms with van der Waals surface area (Å²) in [5.41, 5.74) is 5.45. The molecule has 0 radical (unpaired) electrons. The predicted molar refractivity (Wildman–Crippen MR) is 76.7 cm³/mol. The van der Waals surface area contributed by atoms with Gasteiger partial charge in [-0.15, -0.1) is 0 Å². The number of nitrogens with two attached hydrogens (primary N) is 1. The van der Waals surface area contributed by atoms with Crippen LogP contribution in [0.5, 0.6) is 0 Å². The molecule has 0 aliphatic carbocycles. The molecule has 0 fully saturated rings. The van der Waals surface area contributed by atoms with Crippen LogP contribution in [-0.4, -0.2) is 47.5 Å². The van der Waals surface area contributed by atoms with Crippen LogP contribution < -0.4 is 11.1 Å². The third-order valence-corrected chi connectivity index (χ3v) is 3.64. The second-order valence-electron chi connectivity index (χ2n) is 5.03. The van der Waals surface area contributed by atoms with Gasteiger partial charge in [-0.05, 0) is 5.92 Å². The van der Waals surface area contributed by atoms with E-state index in [2.05, 4.69) is 17.9 Å². The Balaban J connectivity index is 4.90. The molecule has 0 saturated carbocycles. The molecule has 0 saturated heterocycles. The molecule has 0 spiro atoms. The molecular formula is C12H23N3O3S. The van der Waals surface area contributed by atoms with Crippen LogP contribution in [0.15, 0.2) is 0 Å². The first-order chi connectivity index (χ1) is 8.68. The molecular weight excluding hydrogens is 266 g/mol. The standard InChI is InChI=1S/C12H23N3O3S/c1-8(12(2,3)19)5-10(17)15(7-16)9(6-13)11(18)14-4/h7-9,19H,5-6,13H2,1-4H3,(H,14,18). The van der Waals surface area contributed by atoms with Gasteiger partial charge in [0.25, 0.3) is 0 Å². The van der Waals surface area contributed by atoms with Gasteiger partial charge in [-0.2, -0.15) is 12.6 Å². The smallest absolute Gasteiger partial charge is 0.244 e. The summed E-state index contributed by atoms with van der Waals surface area (Å²) in [5.74, 6) is -0.932. The number of nitrogens with one attached hydrogen (secondary N) is 1. The van der Waals surface area contributed by atoms with Crippen molar-refractivity contribution < 1.29 is 14.4 Å². The predicted octanol–water partition coefficient (Wildman–Crippen LogP) is -0.221. The largest absolute Gasteiger partial charge is 0.357 e. The van der Waals surface area contributed by atoms with Crippen molar-refractivity contribution in [3.8, 4) is 0 Å². The molecule has 7 heteroatoms. The highest BCUT2D eigenvalue weighted by Crippen LogP contribution is 2.26. The molecule has 0 bridgehead atoms. The fraction of sp³-hybridized carbons (Fsp3) is 0.750. The number of rotatable bonds is 7. The lowest BCUT2D eigenvalue weighted by atomic mass is 9.93. The first-order valence-electron chi connectivity index (χ1n) is 6.09. The Morgan fingerprint density at radius 2 is 2.00 bits per heavy atom. The maximum Gasteiger partial charge on any atom is 0.244 e. The zero-order valence-corrected chi connectivity index (χ0v) is 12.7. The van der Waals surface area contributed by atoms with Crippen LogP contribution in [0.3, 0.4) is 0 Å². The Morgan fingerprint density at radius 1 is 1.47 bits per heavy atom. The molecule has 0 aromatic carbocycles. The highest BCUT2D eigenvalue weighted by molar-refractivity contribution is 7.81. The van der Waals surface area contributed by atoms with Crippen molar-refractivity contribution in [2.45, 2.75) is 38.0 Å². The highest BCUT2D eigenvalue weighted by Gasteiger charge is 2.31. The molecule has 0 aliphatic heterocycles. The van der Waals surface area contributed by atoms with Gasteiger partial charge in [-0.25, -0.2) is 0 Å². The van der Waals surface area contributed by atoms with Gasteiger partial charge in [0.05, 0.1) is 0 Å². The van der Waals surface area contributed by atoms with E-state index < -0.39 is 17.9 Å². The molecule has 0 aliphatic rings. The molecule has 3 N–H and O–H groups in total. The lowest BCUT2D eigenvalue weighted by molar-refractivity contribution is -0.146. The molecule has 0 aromatic rings. The van der Waals surface area contributed by atoms with Crippen LogP contribution in [0.4, 0.5) is 0 Å². The number of thiol groups is 1. The Bertz CT molecular complexity index is 342. The average Bonchev–Trinajstić information content (AvgIpc) is 2.33. The van der Waals surface area contributed by atoms with Gasteiger partial charge >= 0.3 is 0 Å². The maximum atomic E-state index is 12.1. The van der Waals surface area contributed by atoms with Crippen LogP contribution in [0.1, 0.15) is 27.2 Å². The lowest BCUT2D eigenvalue weighted by Gasteiger charge is -2.29. The van der Waals surface area contributed by atoms with Crippen LogP contribution in [0, 0.1) is 5.92 Å². The van der Waals surface area contributed by atoms with E-state index >= 15 is 0 Å². The Morgan fingerprint density at radius 3 is 2.32 bits per heavy atom. The van der Waals surface area contributed by atoms with Crippen LogP contribution >= 0.6 is 12.6 Å². The zero-order valence-electron chi connectivity index (χ0n) is 11.8. The summed E-state index contributed by atoms with van der Waals surface area (Å²) in [5, 5.41) is 2.38. The minimum atomic E-state index is -0.967. The van der Waals surface area contributed by atoms with Crippen molar-refractivity contribution >= 4 is 30.9 Å². The second-order valence-corrected chi connectivity index (χ2v) is 6.18. The molecule has 0 aromatic heterocycles. The minimum Gasteiger partial charge on any atom is -0.357 e. The summed E-state index contributed by atoms with van der Waals surface area (Å²) in [4.78, 5) is 35.6. The van der Waals surface area contributed by atoms with E-state index in [0.717, 1.165) is 4.90 Å². The fourth-order valence-electron chi connectivity index (χ4n) is 1.44. The monoisotopic (exact) mass is 289 g/mol. The number of carbonyl (C=O) groups is 3. The van der Waals surface area contributed by atoms with E-state index in [9.17, 15) is 14.4 Å². The van der Waals surface area contributed by atoms with Crippen LogP contribution in [-0.2, 0) is 14.4 Å². The molecule has 2 atom stereocenters. The number of imide groups is 1. The normalized spacial score (nSPS) is 14.4. The summed E-state index contributed by atoms with van der Waals surface area (Å²) < 4.78 is -0.352. The van der Waals surface area contributed by atoms with Crippen molar-refractivity contribution in [3.63, 3.8) is 0 Å². The number of hydrogen-bond acceptors (Lipinski definition) is 5. The molecule has 110 valence electrons. The second kappa shape index (κ2) is 7.49. The molecule has 6 nitrogen and oxygen atoms in total. The van der Waals surface area contributed by atoms with E-state index in [1.165, 1.54) is 7.05 Å². The van der Waals surface area contributed by atoms with Gasteiger partial charge in [0.1, 0.15) is 6.04 Å². The van der Waals surface area contributed by atoms with E-state index in [0.29, 0.717) is 6.41 Å². The number of carbonyl (C=O) groups excluding carboxylic acids is 3. The maximum absolute atomic E-state index is 12.1. The van der Waals surface area contributed by atoms with E-state index in [1.54, 1.807) is 0 Å². The SMILES string of the molecule is CNC(=O)C(CN)N(C=O)C(=O)CC(C)C(C)(C)S. The van der Waals surface area contributed by atoms with Gasteiger partial charge in [0.15, 0.2) is 0 Å². The third kappa shape index (κ3) is 5.20. The van der Waals surface area contributed by atoms with Crippen LogP contribution in [0.25, 0.3) is 0 Å². The zero-order chi connectivity index (χ0) is 15.2. The van der Waals surface area contributed by atoms with Gasteiger partial charge in [-0.3, -0.25) is 19.3 Å². The Kier molecular flexibility index (Phi) is 7.07. The highest BCUT2D eigenvalue weighted by atomic mass is 32.1. The molecule has 2 unspecified atom stereocenters. The summed E-state index contributed by atoms with van der Waals surface area (Å²) in [6.45, 7) is 5.53. The Labute approximate surface area is 119 Å². The van der Waals surface area contributed by atoms with E-state index in [4.69, 9.17) is 5.73 Å². The fourth-order valence-corrected chi connectivity index (χ4v) is 1.53. The van der Waals surface area contributed by atoms with Gasteiger partial charge in [0, 0.05) is 24.8 Å². The molecule has 0 heterocycles. The lowest BCUT2D eigenvalue weighted by Crippen LogP contribution is -2.52. The van der Waals surface area contributed by atoms with Crippen molar-refractivity contribution in [2.75, 3.05) is 13.6 Å². The molecule has 3 amide bonds. The van der Waals surface area contributed by atoms with Crippen LogP contribution in [0.2, 0.25) is 0 Å². The Hall–Kier alpha value is -1.08. The quantitative estimate of drug-likeness (QED) is 0.446.